The van der Waals surface area contributed by atoms with Gasteiger partial charge < -0.3 is 15.3 Å². The van der Waals surface area contributed by atoms with E-state index in [1.54, 1.807) is 0 Å². The molecule has 5 atom stereocenters. The molecule has 0 radical (unpaired) electrons. The molecule has 0 spiro atoms. The number of piperidine rings is 1. The average molecular weight is 224 g/mol. The van der Waals surface area contributed by atoms with Gasteiger partial charge in [0.25, 0.3) is 0 Å². The highest BCUT2D eigenvalue weighted by Gasteiger charge is 2.35. The lowest BCUT2D eigenvalue weighted by Gasteiger charge is -2.36. The second-order valence-electron chi connectivity index (χ2n) is 5.93. The van der Waals surface area contributed by atoms with E-state index in [9.17, 15) is 5.11 Å². The molecule has 3 heteroatoms. The minimum Gasteiger partial charge on any atom is -0.393 e. The third-order valence-electron chi connectivity index (χ3n) is 4.73. The molecule has 2 bridgehead atoms. The summed E-state index contributed by atoms with van der Waals surface area (Å²) < 4.78 is 0. The molecule has 3 nitrogen and oxygen atoms in total. The maximum Gasteiger partial charge on any atom is 0.0555 e. The molecule has 16 heavy (non-hydrogen) atoms. The van der Waals surface area contributed by atoms with Crippen LogP contribution in [-0.2, 0) is 0 Å². The molecule has 3 fully saturated rings. The van der Waals surface area contributed by atoms with Gasteiger partial charge in [-0.2, -0.15) is 0 Å². The quantitative estimate of drug-likeness (QED) is 0.734. The lowest BCUT2D eigenvalue weighted by molar-refractivity contribution is 0.101. The summed E-state index contributed by atoms with van der Waals surface area (Å²) in [6.45, 7) is 3.91. The number of nitrogens with zero attached hydrogens (tertiary/aromatic N) is 1. The fraction of sp³-hybridized carbons (Fsp3) is 1.00. The van der Waals surface area contributed by atoms with E-state index in [0.717, 1.165) is 24.8 Å². The fourth-order valence-corrected chi connectivity index (χ4v) is 3.79. The van der Waals surface area contributed by atoms with E-state index in [1.165, 1.54) is 45.3 Å². The summed E-state index contributed by atoms with van der Waals surface area (Å²) in [7, 11) is 0. The Bertz CT molecular complexity index is 246. The van der Waals surface area contributed by atoms with Gasteiger partial charge in [-0.05, 0) is 57.5 Å². The van der Waals surface area contributed by atoms with Crippen molar-refractivity contribution >= 4 is 0 Å². The Kier molecular flexibility index (Phi) is 3.18. The summed E-state index contributed by atoms with van der Waals surface area (Å²) in [6.07, 6.45) is 7.11. The number of aliphatic hydroxyl groups is 1. The van der Waals surface area contributed by atoms with E-state index >= 15 is 0 Å². The summed E-state index contributed by atoms with van der Waals surface area (Å²) in [6, 6.07) is 1.31. The van der Waals surface area contributed by atoms with Crippen molar-refractivity contribution in [1.29, 1.82) is 0 Å². The van der Waals surface area contributed by atoms with Gasteiger partial charge in [-0.3, -0.25) is 0 Å². The predicted octanol–water partition coefficient (Wildman–Crippen LogP) is 0.974. The number of aliphatic hydroxyl groups excluding tert-OH is 1. The molecule has 0 aromatic rings. The van der Waals surface area contributed by atoms with E-state index in [0.29, 0.717) is 6.04 Å². The first-order chi connectivity index (χ1) is 7.81. The van der Waals surface area contributed by atoms with Gasteiger partial charge in [0.05, 0.1) is 6.10 Å². The summed E-state index contributed by atoms with van der Waals surface area (Å²) in [5, 5.41) is 13.5. The van der Waals surface area contributed by atoms with Gasteiger partial charge in [0, 0.05) is 18.6 Å². The molecular formula is C13H24N2O. The van der Waals surface area contributed by atoms with Crippen LogP contribution >= 0.6 is 0 Å². The Morgan fingerprint density at radius 1 is 1.06 bits per heavy atom. The van der Waals surface area contributed by atoms with E-state index in [2.05, 4.69) is 10.2 Å². The van der Waals surface area contributed by atoms with Crippen LogP contribution in [0.2, 0.25) is 0 Å². The summed E-state index contributed by atoms with van der Waals surface area (Å²) >= 11 is 0. The highest BCUT2D eigenvalue weighted by Crippen LogP contribution is 2.29. The molecule has 1 saturated carbocycles. The van der Waals surface area contributed by atoms with Gasteiger partial charge in [0.1, 0.15) is 0 Å². The van der Waals surface area contributed by atoms with E-state index in [-0.39, 0.29) is 6.10 Å². The van der Waals surface area contributed by atoms with Gasteiger partial charge in [0.15, 0.2) is 0 Å². The van der Waals surface area contributed by atoms with Crippen LogP contribution in [0, 0.1) is 5.92 Å². The number of hydrogen-bond acceptors (Lipinski definition) is 3. The molecule has 92 valence electrons. The standard InChI is InChI=1S/C13H24N2O/c16-12-3-1-2-11(8-12)14-13-5-7-15-6-4-10(13)9-15/h10-14,16H,1-9H2. The highest BCUT2D eigenvalue weighted by atomic mass is 16.3. The van der Waals surface area contributed by atoms with Crippen molar-refractivity contribution in [3.05, 3.63) is 0 Å². The first-order valence-electron chi connectivity index (χ1n) is 6.98. The minimum atomic E-state index is -0.0464. The second kappa shape index (κ2) is 4.63. The van der Waals surface area contributed by atoms with Crippen LogP contribution in [0.4, 0.5) is 0 Å². The molecule has 0 aromatic carbocycles. The molecule has 2 N–H and O–H groups in total. The number of nitrogens with one attached hydrogen (secondary N) is 1. The lowest BCUT2D eigenvalue weighted by atomic mass is 9.89. The SMILES string of the molecule is OC1CCCC(NC2CCN3CCC2C3)C1. The monoisotopic (exact) mass is 224 g/mol. The van der Waals surface area contributed by atoms with Crippen LogP contribution in [0.1, 0.15) is 38.5 Å². The molecule has 5 unspecified atom stereocenters. The van der Waals surface area contributed by atoms with Gasteiger partial charge in [-0.25, -0.2) is 0 Å². The zero-order valence-corrected chi connectivity index (χ0v) is 10.1. The first kappa shape index (κ1) is 11.0. The maximum atomic E-state index is 9.69. The summed E-state index contributed by atoms with van der Waals surface area (Å²) in [5.41, 5.74) is 0. The smallest absolute Gasteiger partial charge is 0.0555 e. The zero-order chi connectivity index (χ0) is 11.0. The third-order valence-corrected chi connectivity index (χ3v) is 4.73. The van der Waals surface area contributed by atoms with E-state index in [4.69, 9.17) is 0 Å². The van der Waals surface area contributed by atoms with Gasteiger partial charge >= 0.3 is 0 Å². The Hall–Kier alpha value is -0.120. The van der Waals surface area contributed by atoms with Crippen molar-refractivity contribution in [2.75, 3.05) is 19.6 Å². The van der Waals surface area contributed by atoms with Crippen molar-refractivity contribution < 1.29 is 5.11 Å². The van der Waals surface area contributed by atoms with Crippen molar-refractivity contribution in [2.24, 2.45) is 5.92 Å². The lowest BCUT2D eigenvalue weighted by Crippen LogP contribution is -2.49. The van der Waals surface area contributed by atoms with Crippen LogP contribution in [0.15, 0.2) is 0 Å². The van der Waals surface area contributed by atoms with Crippen LogP contribution in [0.3, 0.4) is 0 Å². The number of fused-ring (bicyclic) bond motifs is 2. The first-order valence-corrected chi connectivity index (χ1v) is 6.98. The van der Waals surface area contributed by atoms with Crippen LogP contribution in [0.25, 0.3) is 0 Å². The Labute approximate surface area is 98.2 Å². The second-order valence-corrected chi connectivity index (χ2v) is 5.93. The molecular weight excluding hydrogens is 200 g/mol. The maximum absolute atomic E-state index is 9.69. The summed E-state index contributed by atoms with van der Waals surface area (Å²) in [4.78, 5) is 2.60. The third kappa shape index (κ3) is 2.27. The van der Waals surface area contributed by atoms with Gasteiger partial charge in [-0.1, -0.05) is 0 Å². The Balaban J connectivity index is 1.53. The molecule has 2 heterocycles. The molecule has 2 saturated heterocycles. The molecule has 0 amide bonds. The largest absolute Gasteiger partial charge is 0.393 e. The highest BCUT2D eigenvalue weighted by molar-refractivity contribution is 4.93. The van der Waals surface area contributed by atoms with E-state index in [1.807, 2.05) is 0 Å². The van der Waals surface area contributed by atoms with Crippen LogP contribution in [-0.4, -0.2) is 47.8 Å². The van der Waals surface area contributed by atoms with Crippen molar-refractivity contribution in [1.82, 2.24) is 10.2 Å². The van der Waals surface area contributed by atoms with Crippen LogP contribution in [0.5, 0.6) is 0 Å². The van der Waals surface area contributed by atoms with Gasteiger partial charge in [-0.15, -0.1) is 0 Å². The molecule has 2 aliphatic heterocycles. The average Bonchev–Trinajstić information content (AvgIpc) is 2.66. The minimum absolute atomic E-state index is 0.0464. The number of rotatable bonds is 2. The van der Waals surface area contributed by atoms with Crippen molar-refractivity contribution in [2.45, 2.75) is 56.7 Å². The summed E-state index contributed by atoms with van der Waals surface area (Å²) in [5.74, 6) is 0.882. The van der Waals surface area contributed by atoms with Crippen LogP contribution < -0.4 is 5.32 Å². The van der Waals surface area contributed by atoms with Crippen molar-refractivity contribution in [3.63, 3.8) is 0 Å². The molecule has 3 aliphatic rings. The fourth-order valence-electron chi connectivity index (χ4n) is 3.79. The Morgan fingerprint density at radius 3 is 2.81 bits per heavy atom. The molecule has 1 aliphatic carbocycles. The number of hydrogen-bond donors (Lipinski definition) is 2. The topological polar surface area (TPSA) is 35.5 Å². The van der Waals surface area contributed by atoms with Crippen molar-refractivity contribution in [3.8, 4) is 0 Å². The van der Waals surface area contributed by atoms with Gasteiger partial charge in [0.2, 0.25) is 0 Å². The zero-order valence-electron chi connectivity index (χ0n) is 10.1. The van der Waals surface area contributed by atoms with E-state index < -0.39 is 0 Å². The molecule has 3 rings (SSSR count). The normalized spacial score (nSPS) is 48.2. The Morgan fingerprint density at radius 2 is 1.94 bits per heavy atom. The molecule has 0 aromatic heterocycles. The predicted molar refractivity (Wildman–Crippen MR) is 64.4 cm³/mol.